The van der Waals surface area contributed by atoms with Crippen LogP contribution in [0.4, 0.5) is 0 Å². The summed E-state index contributed by atoms with van der Waals surface area (Å²) in [5.41, 5.74) is 1.32. The van der Waals surface area contributed by atoms with Crippen molar-refractivity contribution in [1.82, 2.24) is 0 Å². The van der Waals surface area contributed by atoms with Gasteiger partial charge in [0.2, 0.25) is 0 Å². The van der Waals surface area contributed by atoms with Crippen LogP contribution in [0.1, 0.15) is 33.1 Å². The summed E-state index contributed by atoms with van der Waals surface area (Å²) in [6, 6.07) is 0. The molecule has 0 atom stereocenters. The molecule has 0 aromatic heterocycles. The monoisotopic (exact) mass is 152 g/mol. The van der Waals surface area contributed by atoms with E-state index in [4.69, 9.17) is 0 Å². The molecule has 1 fully saturated rings. The fourth-order valence-corrected chi connectivity index (χ4v) is 1.37. The Morgan fingerprint density at radius 1 is 1.09 bits per heavy atom. The summed E-state index contributed by atoms with van der Waals surface area (Å²) >= 11 is 0. The molecule has 0 aromatic rings. The Labute approximate surface area is 66.3 Å². The Hall–Kier alpha value is -0.920. The van der Waals surface area contributed by atoms with Gasteiger partial charge in [-0.25, -0.2) is 0 Å². The Morgan fingerprint density at radius 3 is 1.82 bits per heavy atom. The molecule has 0 saturated heterocycles. The summed E-state index contributed by atoms with van der Waals surface area (Å²) in [6.07, 6.45) is 1.83. The number of carbonyl (C=O) groups is 2. The number of hydrogen-bond donors (Lipinski definition) is 0. The van der Waals surface area contributed by atoms with Crippen molar-refractivity contribution in [2.75, 3.05) is 0 Å². The van der Waals surface area contributed by atoms with Crippen LogP contribution in [0.5, 0.6) is 0 Å². The Morgan fingerprint density at radius 2 is 1.55 bits per heavy atom. The molecule has 11 heavy (non-hydrogen) atoms. The van der Waals surface area contributed by atoms with Gasteiger partial charge in [-0.05, 0) is 20.3 Å². The smallest absolute Gasteiger partial charge is 0.166 e. The van der Waals surface area contributed by atoms with Crippen molar-refractivity contribution in [2.24, 2.45) is 0 Å². The van der Waals surface area contributed by atoms with E-state index >= 15 is 0 Å². The van der Waals surface area contributed by atoms with Crippen molar-refractivity contribution in [2.45, 2.75) is 33.1 Å². The van der Waals surface area contributed by atoms with Crippen LogP contribution in [0.15, 0.2) is 11.1 Å². The lowest BCUT2D eigenvalue weighted by Crippen LogP contribution is -2.19. The van der Waals surface area contributed by atoms with Crippen LogP contribution in [0.3, 0.4) is 0 Å². The number of hydrogen-bond acceptors (Lipinski definition) is 2. The molecule has 1 rings (SSSR count). The summed E-state index contributed by atoms with van der Waals surface area (Å²) in [4.78, 5) is 22.3. The van der Waals surface area contributed by atoms with Crippen molar-refractivity contribution in [3.63, 3.8) is 0 Å². The minimum absolute atomic E-state index is 0.0289. The van der Waals surface area contributed by atoms with Crippen LogP contribution in [0.25, 0.3) is 0 Å². The molecule has 0 spiro atoms. The highest BCUT2D eigenvalue weighted by Crippen LogP contribution is 2.19. The lowest BCUT2D eigenvalue weighted by Gasteiger charge is -2.12. The van der Waals surface area contributed by atoms with E-state index < -0.39 is 0 Å². The summed E-state index contributed by atoms with van der Waals surface area (Å²) in [5, 5.41) is 0. The Balaban J connectivity index is 2.98. The molecule has 0 aromatic carbocycles. The van der Waals surface area contributed by atoms with Crippen LogP contribution in [0, 0.1) is 0 Å². The molecule has 60 valence electrons. The lowest BCUT2D eigenvalue weighted by molar-refractivity contribution is -0.123. The van der Waals surface area contributed by atoms with Gasteiger partial charge in [0, 0.05) is 12.8 Å². The van der Waals surface area contributed by atoms with Gasteiger partial charge in [-0.2, -0.15) is 0 Å². The minimum Gasteiger partial charge on any atom is -0.294 e. The second-order valence-electron chi connectivity index (χ2n) is 3.07. The molecule has 0 aliphatic heterocycles. The summed E-state index contributed by atoms with van der Waals surface area (Å²) in [5.74, 6) is 0.0579. The second kappa shape index (κ2) is 2.99. The fourth-order valence-electron chi connectivity index (χ4n) is 1.37. The second-order valence-corrected chi connectivity index (χ2v) is 3.07. The SMILES string of the molecule is CC(C)=C1C(=O)CCCC1=O. The molecule has 1 aliphatic carbocycles. The third kappa shape index (κ3) is 1.56. The first-order valence-electron chi connectivity index (χ1n) is 3.87. The molecule has 0 radical (unpaired) electrons. The normalized spacial score (nSPS) is 18.9. The van der Waals surface area contributed by atoms with Gasteiger partial charge in [-0.1, -0.05) is 5.57 Å². The van der Waals surface area contributed by atoms with Gasteiger partial charge in [-0.3, -0.25) is 9.59 Å². The van der Waals surface area contributed by atoms with E-state index in [2.05, 4.69) is 0 Å². The molecule has 1 aliphatic rings. The van der Waals surface area contributed by atoms with Crippen molar-refractivity contribution in [3.8, 4) is 0 Å². The van der Waals surface area contributed by atoms with Crippen LogP contribution >= 0.6 is 0 Å². The molecule has 0 bridgehead atoms. The van der Waals surface area contributed by atoms with Gasteiger partial charge in [0.1, 0.15) is 0 Å². The van der Waals surface area contributed by atoms with Gasteiger partial charge in [-0.15, -0.1) is 0 Å². The van der Waals surface area contributed by atoms with Gasteiger partial charge in [0.05, 0.1) is 5.57 Å². The zero-order valence-electron chi connectivity index (χ0n) is 6.94. The number of ketones is 2. The highest BCUT2D eigenvalue weighted by molar-refractivity contribution is 6.22. The van der Waals surface area contributed by atoms with E-state index in [1.165, 1.54) is 0 Å². The first-order valence-corrected chi connectivity index (χ1v) is 3.87. The van der Waals surface area contributed by atoms with Crippen molar-refractivity contribution in [3.05, 3.63) is 11.1 Å². The number of rotatable bonds is 0. The topological polar surface area (TPSA) is 34.1 Å². The van der Waals surface area contributed by atoms with E-state index in [0.717, 1.165) is 12.0 Å². The Bertz CT molecular complexity index is 214. The average molecular weight is 152 g/mol. The molecule has 0 N–H and O–H groups in total. The highest BCUT2D eigenvalue weighted by Gasteiger charge is 2.23. The molecular weight excluding hydrogens is 140 g/mol. The summed E-state index contributed by atoms with van der Waals surface area (Å²) in [6.45, 7) is 3.63. The van der Waals surface area contributed by atoms with Crippen LogP contribution in [-0.4, -0.2) is 11.6 Å². The molecule has 0 amide bonds. The third-order valence-corrected chi connectivity index (χ3v) is 1.87. The van der Waals surface area contributed by atoms with Gasteiger partial charge < -0.3 is 0 Å². The van der Waals surface area contributed by atoms with Gasteiger partial charge in [0.25, 0.3) is 0 Å². The largest absolute Gasteiger partial charge is 0.294 e. The predicted molar refractivity (Wildman–Crippen MR) is 42.2 cm³/mol. The number of carbonyl (C=O) groups excluding carboxylic acids is 2. The van der Waals surface area contributed by atoms with Gasteiger partial charge in [0.15, 0.2) is 11.6 Å². The van der Waals surface area contributed by atoms with E-state index in [1.54, 1.807) is 0 Å². The van der Waals surface area contributed by atoms with Crippen molar-refractivity contribution < 1.29 is 9.59 Å². The van der Waals surface area contributed by atoms with E-state index in [-0.39, 0.29) is 11.6 Å². The van der Waals surface area contributed by atoms with Crippen LogP contribution < -0.4 is 0 Å². The molecule has 0 heterocycles. The summed E-state index contributed by atoms with van der Waals surface area (Å²) < 4.78 is 0. The van der Waals surface area contributed by atoms with Crippen LogP contribution in [-0.2, 0) is 9.59 Å². The van der Waals surface area contributed by atoms with Crippen LogP contribution in [0.2, 0.25) is 0 Å². The maximum atomic E-state index is 11.2. The zero-order valence-corrected chi connectivity index (χ0v) is 6.94. The zero-order chi connectivity index (χ0) is 8.43. The Kier molecular flexibility index (Phi) is 2.22. The number of allylic oxidation sites excluding steroid dienone is 2. The fraction of sp³-hybridized carbons (Fsp3) is 0.556. The van der Waals surface area contributed by atoms with E-state index in [1.807, 2.05) is 13.8 Å². The third-order valence-electron chi connectivity index (χ3n) is 1.87. The minimum atomic E-state index is 0.0289. The maximum absolute atomic E-state index is 11.2. The molecule has 2 nitrogen and oxygen atoms in total. The molecule has 2 heteroatoms. The first kappa shape index (κ1) is 8.18. The first-order chi connectivity index (χ1) is 5.13. The number of Topliss-reactive ketones (excluding diaryl/α,β-unsaturated/α-hetero) is 2. The highest BCUT2D eigenvalue weighted by atomic mass is 16.1. The maximum Gasteiger partial charge on any atom is 0.166 e. The molecule has 0 unspecified atom stereocenters. The van der Waals surface area contributed by atoms with Crippen molar-refractivity contribution >= 4 is 11.6 Å². The predicted octanol–water partition coefficient (Wildman–Crippen LogP) is 1.64. The lowest BCUT2D eigenvalue weighted by atomic mass is 9.89. The molecule has 1 saturated carbocycles. The van der Waals surface area contributed by atoms with Gasteiger partial charge >= 0.3 is 0 Å². The average Bonchev–Trinajstić information content (AvgIpc) is 1.85. The molecular formula is C9H12O2. The summed E-state index contributed by atoms with van der Waals surface area (Å²) in [7, 11) is 0. The van der Waals surface area contributed by atoms with E-state index in [0.29, 0.717) is 18.4 Å². The standard InChI is InChI=1S/C9H12O2/c1-6(2)9-7(10)4-3-5-8(9)11/h3-5H2,1-2H3. The van der Waals surface area contributed by atoms with Crippen molar-refractivity contribution in [1.29, 1.82) is 0 Å². The quantitative estimate of drug-likeness (QED) is 0.390. The van der Waals surface area contributed by atoms with E-state index in [9.17, 15) is 9.59 Å².